The van der Waals surface area contributed by atoms with Crippen LogP contribution in [-0.2, 0) is 0 Å². The molecule has 1 rings (SSSR count). The molecule has 0 bridgehead atoms. The van der Waals surface area contributed by atoms with Gasteiger partial charge in [-0.05, 0) is 0 Å². The first kappa shape index (κ1) is 8.98. The van der Waals surface area contributed by atoms with Gasteiger partial charge in [0, 0.05) is 0 Å². The molecular formula is C8H7BrNSe. The molecule has 0 fully saturated rings. The molecule has 0 atom stereocenters. The molecule has 11 heavy (non-hydrogen) atoms. The predicted molar refractivity (Wildman–Crippen MR) is 52.7 cm³/mol. The van der Waals surface area contributed by atoms with Gasteiger partial charge in [-0.3, -0.25) is 0 Å². The Kier molecular flexibility index (Phi) is 3.31. The van der Waals surface area contributed by atoms with Gasteiger partial charge in [0.1, 0.15) is 0 Å². The van der Waals surface area contributed by atoms with Gasteiger partial charge in [0.15, 0.2) is 0 Å². The number of halogens is 1. The summed E-state index contributed by atoms with van der Waals surface area (Å²) in [5, 5.41) is 0. The Morgan fingerprint density at radius 2 is 1.91 bits per heavy atom. The van der Waals surface area contributed by atoms with Crippen molar-refractivity contribution in [1.29, 1.82) is 0 Å². The monoisotopic (exact) mass is 276 g/mol. The Morgan fingerprint density at radius 3 is 2.36 bits per heavy atom. The predicted octanol–water partition coefficient (Wildman–Crippen LogP) is 2.67. The average Bonchev–Trinajstić information content (AvgIpc) is 1.93. The third kappa shape index (κ3) is 3.19. The summed E-state index contributed by atoms with van der Waals surface area (Å²) in [6.07, 6.45) is 0. The van der Waals surface area contributed by atoms with E-state index in [9.17, 15) is 0 Å². The van der Waals surface area contributed by atoms with Crippen molar-refractivity contribution in [2.45, 2.75) is 6.92 Å². The fourth-order valence-corrected chi connectivity index (χ4v) is 1.18. The van der Waals surface area contributed by atoms with Crippen LogP contribution in [0.25, 0.3) is 0 Å². The standard InChI is InChI=1S/C8H7BrNSe/c1-6(11)10-8-4-2-7(9)3-5-8/h2-5H,1H3. The van der Waals surface area contributed by atoms with Crippen LogP contribution in [0.4, 0.5) is 5.69 Å². The van der Waals surface area contributed by atoms with Gasteiger partial charge in [0.25, 0.3) is 0 Å². The molecule has 1 aromatic rings. The summed E-state index contributed by atoms with van der Waals surface area (Å²) in [6, 6.07) is 7.87. The Morgan fingerprint density at radius 1 is 1.36 bits per heavy atom. The van der Waals surface area contributed by atoms with Crippen molar-refractivity contribution in [2.24, 2.45) is 4.99 Å². The van der Waals surface area contributed by atoms with Crippen LogP contribution in [0.5, 0.6) is 0 Å². The molecule has 0 aliphatic rings. The number of benzene rings is 1. The van der Waals surface area contributed by atoms with Crippen LogP contribution in [0.1, 0.15) is 6.92 Å². The molecule has 0 saturated heterocycles. The Labute approximate surface area is 82.9 Å². The van der Waals surface area contributed by atoms with Gasteiger partial charge in [0.05, 0.1) is 0 Å². The molecule has 0 aromatic heterocycles. The fraction of sp³-hybridized carbons (Fsp3) is 0.125. The number of hydrogen-bond acceptors (Lipinski definition) is 1. The molecule has 0 aliphatic heterocycles. The average molecular weight is 276 g/mol. The van der Waals surface area contributed by atoms with Crippen LogP contribution in [0.2, 0.25) is 0 Å². The molecule has 0 aliphatic carbocycles. The summed E-state index contributed by atoms with van der Waals surface area (Å²) in [6.45, 7) is 1.93. The zero-order valence-corrected chi connectivity index (χ0v) is 9.34. The number of hydrogen-bond donors (Lipinski definition) is 0. The van der Waals surface area contributed by atoms with Crippen LogP contribution in [0.15, 0.2) is 33.7 Å². The molecule has 1 aromatic carbocycles. The summed E-state index contributed by atoms with van der Waals surface area (Å²) in [5.41, 5.74) is 0.976. The van der Waals surface area contributed by atoms with Crippen molar-refractivity contribution in [3.05, 3.63) is 28.7 Å². The Balaban J connectivity index is 2.91. The molecule has 0 heterocycles. The second kappa shape index (κ2) is 4.05. The molecule has 0 unspecified atom stereocenters. The van der Waals surface area contributed by atoms with E-state index in [0.29, 0.717) is 0 Å². The topological polar surface area (TPSA) is 12.4 Å². The summed E-state index contributed by atoms with van der Waals surface area (Å²) in [5.74, 6) is 0. The molecule has 1 radical (unpaired) electrons. The first-order valence-electron chi connectivity index (χ1n) is 3.16. The normalized spacial score (nSPS) is 11.6. The second-order valence-electron chi connectivity index (χ2n) is 2.11. The van der Waals surface area contributed by atoms with E-state index in [2.05, 4.69) is 36.9 Å². The fourth-order valence-electron chi connectivity index (χ4n) is 0.697. The van der Waals surface area contributed by atoms with Gasteiger partial charge >= 0.3 is 82.9 Å². The van der Waals surface area contributed by atoms with E-state index in [0.717, 1.165) is 14.8 Å². The molecule has 1 nitrogen and oxygen atoms in total. The van der Waals surface area contributed by atoms with E-state index < -0.39 is 0 Å². The van der Waals surface area contributed by atoms with Crippen LogP contribution in [-0.4, -0.2) is 20.6 Å². The molecule has 0 N–H and O–H groups in total. The summed E-state index contributed by atoms with van der Waals surface area (Å²) in [4.78, 5) is 4.24. The van der Waals surface area contributed by atoms with Gasteiger partial charge in [0.2, 0.25) is 0 Å². The number of aliphatic imine (C=N–C) groups is 1. The van der Waals surface area contributed by atoms with Crippen molar-refractivity contribution >= 4 is 42.2 Å². The van der Waals surface area contributed by atoms with Gasteiger partial charge in [-0.1, -0.05) is 0 Å². The van der Waals surface area contributed by atoms with Gasteiger partial charge in [-0.15, -0.1) is 0 Å². The summed E-state index contributed by atoms with van der Waals surface area (Å²) in [7, 11) is 0. The van der Waals surface area contributed by atoms with Crippen molar-refractivity contribution in [2.75, 3.05) is 0 Å². The SMILES string of the molecule is CC([Se])=Nc1ccc(Br)cc1. The quantitative estimate of drug-likeness (QED) is 0.552. The number of nitrogens with zero attached hydrogens (tertiary/aromatic N) is 1. The van der Waals surface area contributed by atoms with Crippen molar-refractivity contribution in [1.82, 2.24) is 0 Å². The first-order valence-corrected chi connectivity index (χ1v) is 4.81. The molecular weight excluding hydrogens is 269 g/mol. The van der Waals surface area contributed by atoms with Crippen LogP contribution in [0.3, 0.4) is 0 Å². The Bertz CT molecular complexity index is 262. The third-order valence-corrected chi connectivity index (χ3v) is 1.83. The summed E-state index contributed by atoms with van der Waals surface area (Å²) < 4.78 is 2.03. The third-order valence-electron chi connectivity index (χ3n) is 1.11. The molecule has 3 heteroatoms. The van der Waals surface area contributed by atoms with Crippen molar-refractivity contribution < 1.29 is 0 Å². The number of rotatable bonds is 1. The Hall–Kier alpha value is -0.111. The van der Waals surface area contributed by atoms with E-state index in [4.69, 9.17) is 0 Å². The second-order valence-corrected chi connectivity index (χ2v) is 4.26. The van der Waals surface area contributed by atoms with E-state index in [-0.39, 0.29) is 0 Å². The maximum absolute atomic E-state index is 4.24. The minimum absolute atomic E-state index is 0.951. The van der Waals surface area contributed by atoms with Crippen LogP contribution < -0.4 is 0 Å². The molecule has 57 valence electrons. The van der Waals surface area contributed by atoms with E-state index >= 15 is 0 Å². The van der Waals surface area contributed by atoms with E-state index in [1.54, 1.807) is 0 Å². The van der Waals surface area contributed by atoms with Crippen molar-refractivity contribution in [3.8, 4) is 0 Å². The van der Waals surface area contributed by atoms with E-state index in [1.165, 1.54) is 0 Å². The van der Waals surface area contributed by atoms with Crippen molar-refractivity contribution in [3.63, 3.8) is 0 Å². The zero-order chi connectivity index (χ0) is 8.27. The first-order chi connectivity index (χ1) is 5.18. The summed E-state index contributed by atoms with van der Waals surface area (Å²) >= 11 is 6.20. The van der Waals surface area contributed by atoms with E-state index in [1.807, 2.05) is 31.2 Å². The van der Waals surface area contributed by atoms with Gasteiger partial charge < -0.3 is 0 Å². The maximum atomic E-state index is 4.24. The van der Waals surface area contributed by atoms with Crippen LogP contribution >= 0.6 is 15.9 Å². The molecule has 0 spiro atoms. The zero-order valence-electron chi connectivity index (χ0n) is 6.04. The molecule has 0 amide bonds. The minimum atomic E-state index is 0.951. The molecule has 0 saturated carbocycles. The van der Waals surface area contributed by atoms with Crippen LogP contribution in [0, 0.1) is 0 Å². The van der Waals surface area contributed by atoms with Gasteiger partial charge in [-0.25, -0.2) is 0 Å². The van der Waals surface area contributed by atoms with Gasteiger partial charge in [-0.2, -0.15) is 0 Å².